The van der Waals surface area contributed by atoms with Crippen LogP contribution in [-0.4, -0.2) is 29.8 Å². The summed E-state index contributed by atoms with van der Waals surface area (Å²) in [6.45, 7) is 5.71. The first-order chi connectivity index (χ1) is 14.3. The zero-order chi connectivity index (χ0) is 21.7. The van der Waals surface area contributed by atoms with Crippen molar-refractivity contribution < 1.29 is 9.59 Å². The van der Waals surface area contributed by atoms with Crippen molar-refractivity contribution in [1.29, 1.82) is 0 Å². The Kier molecular flexibility index (Phi) is 7.81. The Balaban J connectivity index is 1.77. The Labute approximate surface area is 185 Å². The number of carbonyl (C=O) groups excluding carboxylic acids is 2. The topological polar surface area (TPSA) is 75.4 Å². The molecule has 0 unspecified atom stereocenters. The van der Waals surface area contributed by atoms with E-state index in [1.807, 2.05) is 23.1 Å². The summed E-state index contributed by atoms with van der Waals surface area (Å²) in [6.07, 6.45) is 8.43. The molecule has 0 heterocycles. The Morgan fingerprint density at radius 3 is 2.37 bits per heavy atom. The molecule has 0 aliphatic heterocycles. The molecule has 30 heavy (non-hydrogen) atoms. The summed E-state index contributed by atoms with van der Waals surface area (Å²) in [6, 6.07) is 5.56. The van der Waals surface area contributed by atoms with Gasteiger partial charge in [-0.2, -0.15) is 0 Å². The van der Waals surface area contributed by atoms with E-state index in [0.717, 1.165) is 56.2 Å². The summed E-state index contributed by atoms with van der Waals surface area (Å²) in [4.78, 5) is 27.6. The molecule has 5 nitrogen and oxygen atoms in total. The van der Waals surface area contributed by atoms with E-state index < -0.39 is 0 Å². The number of hydrogen-bond acceptors (Lipinski definition) is 3. The monoisotopic (exact) mass is 433 g/mol. The SMILES string of the molecule is CC(C)(CN)CN(Cc1cc(NC(=O)C2CCC2)ccc1Cl)C(=O)C1CCCCC1. The fourth-order valence-corrected chi connectivity index (χ4v) is 4.47. The predicted molar refractivity (Wildman–Crippen MR) is 122 cm³/mol. The van der Waals surface area contributed by atoms with Gasteiger partial charge in [0.1, 0.15) is 0 Å². The van der Waals surface area contributed by atoms with Gasteiger partial charge in [-0.1, -0.05) is 51.1 Å². The van der Waals surface area contributed by atoms with Crippen molar-refractivity contribution in [2.75, 3.05) is 18.4 Å². The summed E-state index contributed by atoms with van der Waals surface area (Å²) >= 11 is 6.50. The Morgan fingerprint density at radius 1 is 1.10 bits per heavy atom. The lowest BCUT2D eigenvalue weighted by atomic mass is 9.85. The normalized spacial score (nSPS) is 18.0. The molecule has 1 aromatic rings. The minimum absolute atomic E-state index is 0.0777. The van der Waals surface area contributed by atoms with Crippen LogP contribution in [0.1, 0.15) is 70.8 Å². The molecule has 0 bridgehead atoms. The number of nitrogens with one attached hydrogen (secondary N) is 1. The molecule has 2 aliphatic carbocycles. The number of halogens is 1. The maximum atomic E-state index is 13.4. The second-order valence-electron chi connectivity index (χ2n) is 9.82. The molecule has 2 amide bonds. The van der Waals surface area contributed by atoms with E-state index in [0.29, 0.717) is 24.7 Å². The summed E-state index contributed by atoms with van der Waals surface area (Å²) < 4.78 is 0. The average molecular weight is 434 g/mol. The van der Waals surface area contributed by atoms with Gasteiger partial charge in [0, 0.05) is 35.6 Å². The standard InChI is InChI=1S/C24H36ClN3O2/c1-24(2,15-26)16-28(23(30)18-7-4-3-5-8-18)14-19-13-20(11-12-21(19)25)27-22(29)17-9-6-10-17/h11-13,17-18H,3-10,14-16,26H2,1-2H3,(H,27,29). The van der Waals surface area contributed by atoms with Gasteiger partial charge >= 0.3 is 0 Å². The van der Waals surface area contributed by atoms with Crippen LogP contribution in [0, 0.1) is 17.3 Å². The van der Waals surface area contributed by atoms with Crippen molar-refractivity contribution in [3.8, 4) is 0 Å². The minimum atomic E-state index is -0.174. The zero-order valence-electron chi connectivity index (χ0n) is 18.4. The van der Waals surface area contributed by atoms with Crippen molar-refractivity contribution in [3.05, 3.63) is 28.8 Å². The van der Waals surface area contributed by atoms with Crippen LogP contribution in [0.25, 0.3) is 0 Å². The first kappa shape index (κ1) is 23.1. The molecule has 0 aromatic heterocycles. The molecule has 6 heteroatoms. The first-order valence-electron chi connectivity index (χ1n) is 11.4. The van der Waals surface area contributed by atoms with Gasteiger partial charge in [-0.05, 0) is 61.4 Å². The van der Waals surface area contributed by atoms with E-state index in [9.17, 15) is 9.59 Å². The number of anilines is 1. The molecule has 0 saturated heterocycles. The largest absolute Gasteiger partial charge is 0.337 e. The third kappa shape index (κ3) is 5.98. The second kappa shape index (κ2) is 10.1. The Hall–Kier alpha value is -1.59. The van der Waals surface area contributed by atoms with Crippen LogP contribution in [0.3, 0.4) is 0 Å². The second-order valence-corrected chi connectivity index (χ2v) is 10.2. The Morgan fingerprint density at radius 2 is 1.77 bits per heavy atom. The molecule has 3 N–H and O–H groups in total. The van der Waals surface area contributed by atoms with Crippen LogP contribution in [0.2, 0.25) is 5.02 Å². The van der Waals surface area contributed by atoms with Gasteiger partial charge in [-0.25, -0.2) is 0 Å². The van der Waals surface area contributed by atoms with Crippen LogP contribution in [0.15, 0.2) is 18.2 Å². The minimum Gasteiger partial charge on any atom is -0.337 e. The molecule has 2 saturated carbocycles. The molecule has 0 atom stereocenters. The highest BCUT2D eigenvalue weighted by Crippen LogP contribution is 2.31. The molecule has 3 rings (SSSR count). The average Bonchev–Trinajstić information content (AvgIpc) is 2.68. The number of hydrogen-bond donors (Lipinski definition) is 2. The molecule has 0 radical (unpaired) electrons. The summed E-state index contributed by atoms with van der Waals surface area (Å²) in [7, 11) is 0. The van der Waals surface area contributed by atoms with Crippen molar-refractivity contribution in [3.63, 3.8) is 0 Å². The van der Waals surface area contributed by atoms with Crippen LogP contribution in [0.4, 0.5) is 5.69 Å². The van der Waals surface area contributed by atoms with Gasteiger partial charge in [0.25, 0.3) is 0 Å². The van der Waals surface area contributed by atoms with E-state index in [4.69, 9.17) is 17.3 Å². The fraction of sp³-hybridized carbons (Fsp3) is 0.667. The van der Waals surface area contributed by atoms with Gasteiger partial charge in [0.2, 0.25) is 11.8 Å². The van der Waals surface area contributed by atoms with Crippen molar-refractivity contribution in [2.45, 2.75) is 71.8 Å². The van der Waals surface area contributed by atoms with E-state index >= 15 is 0 Å². The van der Waals surface area contributed by atoms with Gasteiger partial charge in [-0.15, -0.1) is 0 Å². The fourth-order valence-electron chi connectivity index (χ4n) is 4.29. The number of carbonyl (C=O) groups is 2. The number of rotatable bonds is 8. The predicted octanol–water partition coefficient (Wildman–Crippen LogP) is 4.97. The number of nitrogens with zero attached hydrogens (tertiary/aromatic N) is 1. The zero-order valence-corrected chi connectivity index (χ0v) is 19.1. The molecular weight excluding hydrogens is 398 g/mol. The van der Waals surface area contributed by atoms with Crippen LogP contribution < -0.4 is 11.1 Å². The van der Waals surface area contributed by atoms with Crippen LogP contribution in [-0.2, 0) is 16.1 Å². The molecule has 166 valence electrons. The molecular formula is C24H36ClN3O2. The highest BCUT2D eigenvalue weighted by molar-refractivity contribution is 6.31. The lowest BCUT2D eigenvalue weighted by Crippen LogP contribution is -2.44. The van der Waals surface area contributed by atoms with E-state index in [2.05, 4.69) is 19.2 Å². The highest BCUT2D eigenvalue weighted by atomic mass is 35.5. The van der Waals surface area contributed by atoms with Crippen LogP contribution >= 0.6 is 11.6 Å². The third-order valence-electron chi connectivity index (χ3n) is 6.59. The van der Waals surface area contributed by atoms with Gasteiger partial charge in [-0.3, -0.25) is 9.59 Å². The first-order valence-corrected chi connectivity index (χ1v) is 11.7. The number of benzene rings is 1. The van der Waals surface area contributed by atoms with Crippen molar-refractivity contribution >= 4 is 29.1 Å². The highest BCUT2D eigenvalue weighted by Gasteiger charge is 2.30. The maximum Gasteiger partial charge on any atom is 0.227 e. The van der Waals surface area contributed by atoms with Crippen LogP contribution in [0.5, 0.6) is 0 Å². The van der Waals surface area contributed by atoms with E-state index in [1.165, 1.54) is 6.42 Å². The molecule has 1 aromatic carbocycles. The summed E-state index contributed by atoms with van der Waals surface area (Å²) in [5.41, 5.74) is 7.40. The van der Waals surface area contributed by atoms with Crippen molar-refractivity contribution in [1.82, 2.24) is 4.90 Å². The molecule has 2 fully saturated rings. The van der Waals surface area contributed by atoms with Gasteiger partial charge in [0.15, 0.2) is 0 Å². The lowest BCUT2D eigenvalue weighted by Gasteiger charge is -2.35. The maximum absolute atomic E-state index is 13.4. The number of nitrogens with two attached hydrogens (primary N) is 1. The van der Waals surface area contributed by atoms with E-state index in [-0.39, 0.29) is 29.1 Å². The lowest BCUT2D eigenvalue weighted by molar-refractivity contribution is -0.138. The molecule has 0 spiro atoms. The summed E-state index contributed by atoms with van der Waals surface area (Å²) in [5, 5.41) is 3.63. The van der Waals surface area contributed by atoms with Crippen molar-refractivity contribution in [2.24, 2.45) is 23.0 Å². The molecule has 2 aliphatic rings. The van der Waals surface area contributed by atoms with Gasteiger partial charge in [0.05, 0.1) is 0 Å². The smallest absolute Gasteiger partial charge is 0.227 e. The quantitative estimate of drug-likeness (QED) is 0.607. The summed E-state index contributed by atoms with van der Waals surface area (Å²) in [5.74, 6) is 0.497. The third-order valence-corrected chi connectivity index (χ3v) is 6.96. The van der Waals surface area contributed by atoms with E-state index in [1.54, 1.807) is 0 Å². The van der Waals surface area contributed by atoms with Gasteiger partial charge < -0.3 is 16.0 Å². The number of amides is 2. The Bertz CT molecular complexity index is 755.